The van der Waals surface area contributed by atoms with Crippen LogP contribution in [0.5, 0.6) is 0 Å². The van der Waals surface area contributed by atoms with Crippen molar-refractivity contribution >= 4 is 5.91 Å². The highest BCUT2D eigenvalue weighted by atomic mass is 16.2. The molecule has 2 aliphatic heterocycles. The van der Waals surface area contributed by atoms with Gasteiger partial charge in [0.2, 0.25) is 0 Å². The van der Waals surface area contributed by atoms with E-state index < -0.39 is 0 Å². The number of carbonyl (C=O) groups excluding carboxylic acids is 1. The van der Waals surface area contributed by atoms with Gasteiger partial charge < -0.3 is 10.2 Å². The fourth-order valence-corrected chi connectivity index (χ4v) is 2.65. The van der Waals surface area contributed by atoms with Gasteiger partial charge in [-0.3, -0.25) is 9.78 Å². The molecule has 16 heavy (non-hydrogen) atoms. The Hall–Kier alpha value is -1.42. The minimum Gasteiger partial charge on any atom is -0.335 e. The number of hydrogen-bond acceptors (Lipinski definition) is 3. The monoisotopic (exact) mass is 217 g/mol. The van der Waals surface area contributed by atoms with E-state index in [1.807, 2.05) is 4.90 Å². The van der Waals surface area contributed by atoms with Crippen LogP contribution in [0.15, 0.2) is 24.5 Å². The SMILES string of the molecule is O=C(c1ccncc1)N1CC2CNCCC21. The number of likely N-dealkylation sites (tertiary alicyclic amines) is 1. The zero-order valence-corrected chi connectivity index (χ0v) is 9.10. The molecule has 3 heterocycles. The van der Waals surface area contributed by atoms with Crippen molar-refractivity contribution in [2.45, 2.75) is 12.5 Å². The van der Waals surface area contributed by atoms with Gasteiger partial charge in [0.15, 0.2) is 0 Å². The van der Waals surface area contributed by atoms with E-state index in [1.54, 1.807) is 24.5 Å². The van der Waals surface area contributed by atoms with Crippen LogP contribution in [0.1, 0.15) is 16.8 Å². The summed E-state index contributed by atoms with van der Waals surface area (Å²) < 4.78 is 0. The minimum atomic E-state index is 0.158. The fourth-order valence-electron chi connectivity index (χ4n) is 2.65. The summed E-state index contributed by atoms with van der Waals surface area (Å²) in [6.07, 6.45) is 4.43. The molecule has 0 spiro atoms. The van der Waals surface area contributed by atoms with Crippen LogP contribution in [0.2, 0.25) is 0 Å². The molecular formula is C12H15N3O. The summed E-state index contributed by atoms with van der Waals surface area (Å²) in [5.41, 5.74) is 0.756. The van der Waals surface area contributed by atoms with E-state index in [0.29, 0.717) is 12.0 Å². The van der Waals surface area contributed by atoms with E-state index in [2.05, 4.69) is 10.3 Å². The number of amides is 1. The zero-order chi connectivity index (χ0) is 11.0. The van der Waals surface area contributed by atoms with Crippen molar-refractivity contribution in [3.63, 3.8) is 0 Å². The molecule has 1 aromatic rings. The average Bonchev–Trinajstić information content (AvgIpc) is 2.32. The molecule has 2 unspecified atom stereocenters. The van der Waals surface area contributed by atoms with Crippen LogP contribution in [-0.4, -0.2) is 41.5 Å². The maximum Gasteiger partial charge on any atom is 0.254 e. The Balaban J connectivity index is 1.73. The number of carbonyl (C=O) groups is 1. The normalized spacial score (nSPS) is 28.1. The second-order valence-electron chi connectivity index (χ2n) is 4.51. The third-order valence-corrected chi connectivity index (χ3v) is 3.59. The Morgan fingerprint density at radius 3 is 3.00 bits per heavy atom. The largest absolute Gasteiger partial charge is 0.335 e. The predicted molar refractivity (Wildman–Crippen MR) is 60.0 cm³/mol. The number of fused-ring (bicyclic) bond motifs is 1. The van der Waals surface area contributed by atoms with Gasteiger partial charge in [0.1, 0.15) is 0 Å². The van der Waals surface area contributed by atoms with Gasteiger partial charge in [-0.05, 0) is 25.1 Å². The first-order valence-electron chi connectivity index (χ1n) is 5.78. The van der Waals surface area contributed by atoms with Crippen molar-refractivity contribution in [1.82, 2.24) is 15.2 Å². The molecule has 84 valence electrons. The van der Waals surface area contributed by atoms with E-state index in [-0.39, 0.29) is 5.91 Å². The lowest BCUT2D eigenvalue weighted by Gasteiger charge is -2.51. The molecule has 0 aromatic carbocycles. The first-order valence-corrected chi connectivity index (χ1v) is 5.78. The third kappa shape index (κ3) is 1.50. The van der Waals surface area contributed by atoms with Gasteiger partial charge in [0.05, 0.1) is 0 Å². The number of rotatable bonds is 1. The second kappa shape index (κ2) is 3.87. The summed E-state index contributed by atoms with van der Waals surface area (Å²) in [7, 11) is 0. The molecule has 0 bridgehead atoms. The second-order valence-corrected chi connectivity index (χ2v) is 4.51. The highest BCUT2D eigenvalue weighted by molar-refractivity contribution is 5.94. The van der Waals surface area contributed by atoms with Crippen LogP contribution in [0.3, 0.4) is 0 Å². The van der Waals surface area contributed by atoms with Crippen LogP contribution in [0, 0.1) is 5.92 Å². The Morgan fingerprint density at radius 2 is 2.25 bits per heavy atom. The maximum absolute atomic E-state index is 12.2. The number of nitrogens with zero attached hydrogens (tertiary/aromatic N) is 2. The van der Waals surface area contributed by atoms with Gasteiger partial charge in [0.25, 0.3) is 5.91 Å². The molecule has 2 fully saturated rings. The Bertz CT molecular complexity index is 393. The van der Waals surface area contributed by atoms with Crippen molar-refractivity contribution in [2.75, 3.05) is 19.6 Å². The predicted octanol–water partition coefficient (Wildman–Crippen LogP) is 0.515. The van der Waals surface area contributed by atoms with Crippen molar-refractivity contribution < 1.29 is 4.79 Å². The van der Waals surface area contributed by atoms with Crippen LogP contribution in [-0.2, 0) is 0 Å². The highest BCUT2D eigenvalue weighted by Gasteiger charge is 2.42. The quantitative estimate of drug-likeness (QED) is 0.745. The molecule has 0 aliphatic carbocycles. The summed E-state index contributed by atoms with van der Waals surface area (Å²) in [5.74, 6) is 0.824. The Labute approximate surface area is 94.7 Å². The van der Waals surface area contributed by atoms with Gasteiger partial charge >= 0.3 is 0 Å². The number of aromatic nitrogens is 1. The van der Waals surface area contributed by atoms with Crippen LogP contribution < -0.4 is 5.32 Å². The van der Waals surface area contributed by atoms with Crippen molar-refractivity contribution in [3.05, 3.63) is 30.1 Å². The lowest BCUT2D eigenvalue weighted by Crippen LogP contribution is -2.64. The minimum absolute atomic E-state index is 0.158. The van der Waals surface area contributed by atoms with E-state index in [4.69, 9.17) is 0 Å². The summed E-state index contributed by atoms with van der Waals surface area (Å²) >= 11 is 0. The van der Waals surface area contributed by atoms with E-state index in [9.17, 15) is 4.79 Å². The van der Waals surface area contributed by atoms with Gasteiger partial charge in [-0.25, -0.2) is 0 Å². The number of pyridine rings is 1. The number of nitrogens with one attached hydrogen (secondary N) is 1. The van der Waals surface area contributed by atoms with Crippen molar-refractivity contribution in [2.24, 2.45) is 5.92 Å². The molecular weight excluding hydrogens is 202 g/mol. The summed E-state index contributed by atoms with van der Waals surface area (Å²) in [6.45, 7) is 2.99. The molecule has 1 aromatic heterocycles. The Morgan fingerprint density at radius 1 is 1.44 bits per heavy atom. The molecule has 2 aliphatic rings. The van der Waals surface area contributed by atoms with Crippen LogP contribution in [0.4, 0.5) is 0 Å². The maximum atomic E-state index is 12.2. The molecule has 2 atom stereocenters. The fraction of sp³-hybridized carbons (Fsp3) is 0.500. The molecule has 4 heteroatoms. The van der Waals surface area contributed by atoms with E-state index in [0.717, 1.165) is 31.6 Å². The molecule has 1 amide bonds. The summed E-state index contributed by atoms with van der Waals surface area (Å²) in [6, 6.07) is 4.04. The van der Waals surface area contributed by atoms with Gasteiger partial charge in [0, 0.05) is 43.0 Å². The highest BCUT2D eigenvalue weighted by Crippen LogP contribution is 2.30. The summed E-state index contributed by atoms with van der Waals surface area (Å²) in [5, 5.41) is 3.37. The average molecular weight is 217 g/mol. The van der Waals surface area contributed by atoms with Gasteiger partial charge in [-0.1, -0.05) is 0 Å². The number of hydrogen-bond donors (Lipinski definition) is 1. The van der Waals surface area contributed by atoms with Crippen LogP contribution >= 0.6 is 0 Å². The molecule has 2 saturated heterocycles. The molecule has 1 N–H and O–H groups in total. The first-order chi connectivity index (χ1) is 7.86. The molecule has 0 saturated carbocycles. The zero-order valence-electron chi connectivity index (χ0n) is 9.10. The van der Waals surface area contributed by atoms with Crippen molar-refractivity contribution in [1.29, 1.82) is 0 Å². The van der Waals surface area contributed by atoms with Crippen LogP contribution in [0.25, 0.3) is 0 Å². The van der Waals surface area contributed by atoms with Gasteiger partial charge in [-0.2, -0.15) is 0 Å². The number of piperidine rings is 1. The van der Waals surface area contributed by atoms with Crippen molar-refractivity contribution in [3.8, 4) is 0 Å². The topological polar surface area (TPSA) is 45.2 Å². The van der Waals surface area contributed by atoms with Gasteiger partial charge in [-0.15, -0.1) is 0 Å². The lowest BCUT2D eigenvalue weighted by molar-refractivity contribution is 0.00247. The van der Waals surface area contributed by atoms with E-state index >= 15 is 0 Å². The lowest BCUT2D eigenvalue weighted by atomic mass is 9.83. The smallest absolute Gasteiger partial charge is 0.254 e. The first kappa shape index (κ1) is 9.78. The summed E-state index contributed by atoms with van der Waals surface area (Å²) in [4.78, 5) is 18.1. The van der Waals surface area contributed by atoms with E-state index in [1.165, 1.54) is 0 Å². The Kier molecular flexibility index (Phi) is 2.36. The molecule has 4 nitrogen and oxygen atoms in total. The molecule has 0 radical (unpaired) electrons. The standard InChI is InChI=1S/C12H15N3O/c16-12(9-1-4-13-5-2-9)15-8-10-7-14-6-3-11(10)15/h1-2,4-5,10-11,14H,3,6-8H2. The molecule has 3 rings (SSSR count). The third-order valence-electron chi connectivity index (χ3n) is 3.59.